The van der Waals surface area contributed by atoms with Crippen LogP contribution in [-0.4, -0.2) is 13.0 Å². The standard InChI is InChI=1S/C25H42O3S/c1-19(2)18-22(20-12-14-21(15-13-20)29(26,27)28)25(8,9)24(6,7)17-11-10-16-23(3,4)5/h10-15,19,22H,16-18H2,1-9H3,(H,26,27,28). The molecular weight excluding hydrogens is 380 g/mol. The Morgan fingerprint density at radius 2 is 1.38 bits per heavy atom. The molecule has 1 aromatic carbocycles. The van der Waals surface area contributed by atoms with Crippen molar-refractivity contribution in [3.63, 3.8) is 0 Å². The van der Waals surface area contributed by atoms with Gasteiger partial charge in [-0.25, -0.2) is 0 Å². The first-order valence-electron chi connectivity index (χ1n) is 10.7. The molecule has 1 aromatic rings. The Labute approximate surface area is 179 Å². The van der Waals surface area contributed by atoms with Crippen molar-refractivity contribution in [1.29, 1.82) is 0 Å². The maximum atomic E-state index is 11.4. The van der Waals surface area contributed by atoms with Gasteiger partial charge in [0.2, 0.25) is 0 Å². The molecule has 0 heterocycles. The molecule has 29 heavy (non-hydrogen) atoms. The van der Waals surface area contributed by atoms with Gasteiger partial charge in [-0.05, 0) is 65.0 Å². The molecule has 0 aliphatic rings. The van der Waals surface area contributed by atoms with Gasteiger partial charge in [-0.3, -0.25) is 4.55 Å². The van der Waals surface area contributed by atoms with Crippen molar-refractivity contribution in [2.75, 3.05) is 0 Å². The lowest BCUT2D eigenvalue weighted by atomic mass is 9.57. The Morgan fingerprint density at radius 1 is 0.897 bits per heavy atom. The zero-order chi connectivity index (χ0) is 22.7. The van der Waals surface area contributed by atoms with Crippen LogP contribution in [0.2, 0.25) is 0 Å². The molecule has 1 atom stereocenters. The highest BCUT2D eigenvalue weighted by molar-refractivity contribution is 7.85. The first-order valence-corrected chi connectivity index (χ1v) is 12.1. The zero-order valence-corrected chi connectivity index (χ0v) is 20.7. The first-order chi connectivity index (χ1) is 13.0. The fraction of sp³-hybridized carbons (Fsp3) is 0.680. The summed E-state index contributed by atoms with van der Waals surface area (Å²) in [7, 11) is -4.17. The van der Waals surface area contributed by atoms with Crippen LogP contribution >= 0.6 is 0 Å². The highest BCUT2D eigenvalue weighted by atomic mass is 32.2. The summed E-state index contributed by atoms with van der Waals surface area (Å²) in [5.74, 6) is 0.803. The second-order valence-corrected chi connectivity index (χ2v) is 12.7. The summed E-state index contributed by atoms with van der Waals surface area (Å²) in [5, 5.41) is 0. The van der Waals surface area contributed by atoms with Crippen LogP contribution in [0.5, 0.6) is 0 Å². The van der Waals surface area contributed by atoms with Gasteiger partial charge < -0.3 is 0 Å². The molecule has 0 bridgehead atoms. The van der Waals surface area contributed by atoms with Gasteiger partial charge in [0, 0.05) is 0 Å². The van der Waals surface area contributed by atoms with Crippen molar-refractivity contribution in [2.24, 2.45) is 22.2 Å². The number of hydrogen-bond acceptors (Lipinski definition) is 2. The van der Waals surface area contributed by atoms with Gasteiger partial charge in [-0.2, -0.15) is 8.42 Å². The smallest absolute Gasteiger partial charge is 0.282 e. The summed E-state index contributed by atoms with van der Waals surface area (Å²) < 4.78 is 32.1. The number of hydrogen-bond donors (Lipinski definition) is 1. The number of allylic oxidation sites excluding steroid dienone is 2. The SMILES string of the molecule is CC(C)CC(c1ccc(S(=O)(=O)O)cc1)C(C)(C)C(C)(C)CC=CCC(C)(C)C. The lowest BCUT2D eigenvalue weighted by Gasteiger charge is -2.48. The van der Waals surface area contributed by atoms with E-state index in [4.69, 9.17) is 0 Å². The van der Waals surface area contributed by atoms with Crippen LogP contribution in [0.3, 0.4) is 0 Å². The lowest BCUT2D eigenvalue weighted by molar-refractivity contribution is 0.0681. The van der Waals surface area contributed by atoms with E-state index in [1.165, 1.54) is 12.1 Å². The van der Waals surface area contributed by atoms with Crippen molar-refractivity contribution in [2.45, 2.75) is 92.4 Å². The summed E-state index contributed by atoms with van der Waals surface area (Å²) in [6.45, 7) is 20.5. The minimum atomic E-state index is -4.17. The van der Waals surface area contributed by atoms with Crippen LogP contribution in [0.1, 0.15) is 93.1 Å². The van der Waals surface area contributed by atoms with Crippen LogP contribution in [0.25, 0.3) is 0 Å². The third-order valence-corrected chi connectivity index (χ3v) is 7.30. The topological polar surface area (TPSA) is 54.4 Å². The fourth-order valence-corrected chi connectivity index (χ4v) is 4.22. The Hall–Kier alpha value is -1.13. The molecule has 0 aliphatic heterocycles. The maximum Gasteiger partial charge on any atom is 0.294 e. The van der Waals surface area contributed by atoms with E-state index in [0.29, 0.717) is 11.3 Å². The normalized spacial score (nSPS) is 15.3. The van der Waals surface area contributed by atoms with Gasteiger partial charge in [0.15, 0.2) is 0 Å². The minimum Gasteiger partial charge on any atom is -0.282 e. The van der Waals surface area contributed by atoms with Crippen LogP contribution < -0.4 is 0 Å². The zero-order valence-electron chi connectivity index (χ0n) is 19.9. The van der Waals surface area contributed by atoms with E-state index in [1.807, 2.05) is 12.1 Å². The van der Waals surface area contributed by atoms with Gasteiger partial charge >= 0.3 is 0 Å². The molecular formula is C25H42O3S. The molecule has 0 aliphatic carbocycles. The number of benzene rings is 1. The van der Waals surface area contributed by atoms with Crippen LogP contribution in [-0.2, 0) is 10.1 Å². The largest absolute Gasteiger partial charge is 0.294 e. The summed E-state index contributed by atoms with van der Waals surface area (Å²) >= 11 is 0. The average molecular weight is 423 g/mol. The quantitative estimate of drug-likeness (QED) is 0.331. The van der Waals surface area contributed by atoms with E-state index < -0.39 is 10.1 Å². The predicted molar refractivity (Wildman–Crippen MR) is 124 cm³/mol. The van der Waals surface area contributed by atoms with E-state index in [2.05, 4.69) is 74.5 Å². The second-order valence-electron chi connectivity index (χ2n) is 11.3. The summed E-state index contributed by atoms with van der Waals surface area (Å²) in [6, 6.07) is 6.77. The highest BCUT2D eigenvalue weighted by Gasteiger charge is 2.43. The Kier molecular flexibility index (Phi) is 8.35. The first kappa shape index (κ1) is 25.9. The molecule has 0 aromatic heterocycles. The van der Waals surface area contributed by atoms with Gasteiger partial charge in [0.05, 0.1) is 4.90 Å². The Morgan fingerprint density at radius 3 is 1.79 bits per heavy atom. The maximum absolute atomic E-state index is 11.4. The van der Waals surface area contributed by atoms with E-state index in [9.17, 15) is 13.0 Å². The second kappa shape index (κ2) is 9.34. The van der Waals surface area contributed by atoms with E-state index in [0.717, 1.165) is 24.8 Å². The molecule has 0 amide bonds. The molecule has 1 N–H and O–H groups in total. The predicted octanol–water partition coefficient (Wildman–Crippen LogP) is 7.50. The molecule has 1 unspecified atom stereocenters. The van der Waals surface area contributed by atoms with Crippen LogP contribution in [0.15, 0.2) is 41.3 Å². The van der Waals surface area contributed by atoms with Crippen molar-refractivity contribution < 1.29 is 13.0 Å². The molecule has 1 rings (SSSR count). The number of rotatable bonds is 9. The minimum absolute atomic E-state index is 0.0110. The van der Waals surface area contributed by atoms with E-state index >= 15 is 0 Å². The van der Waals surface area contributed by atoms with Crippen molar-refractivity contribution in [1.82, 2.24) is 0 Å². The fourth-order valence-electron chi connectivity index (χ4n) is 3.74. The molecule has 0 saturated carbocycles. The van der Waals surface area contributed by atoms with Crippen molar-refractivity contribution in [3.8, 4) is 0 Å². The monoisotopic (exact) mass is 422 g/mol. The van der Waals surface area contributed by atoms with Gasteiger partial charge in [-0.1, -0.05) is 86.6 Å². The van der Waals surface area contributed by atoms with E-state index in [-0.39, 0.29) is 21.6 Å². The van der Waals surface area contributed by atoms with Crippen LogP contribution in [0, 0.1) is 22.2 Å². The molecule has 166 valence electrons. The summed E-state index contributed by atoms with van der Waals surface area (Å²) in [6.07, 6.45) is 7.70. The summed E-state index contributed by atoms with van der Waals surface area (Å²) in [5.41, 5.74) is 1.47. The summed E-state index contributed by atoms with van der Waals surface area (Å²) in [4.78, 5) is -0.0493. The van der Waals surface area contributed by atoms with E-state index in [1.54, 1.807) is 0 Å². The van der Waals surface area contributed by atoms with Crippen molar-refractivity contribution in [3.05, 3.63) is 42.0 Å². The van der Waals surface area contributed by atoms with Gasteiger partial charge in [0.1, 0.15) is 0 Å². The molecule has 0 saturated heterocycles. The van der Waals surface area contributed by atoms with Gasteiger partial charge in [0.25, 0.3) is 10.1 Å². The third-order valence-electron chi connectivity index (χ3n) is 6.43. The third kappa shape index (κ3) is 7.57. The highest BCUT2D eigenvalue weighted by Crippen LogP contribution is 2.53. The van der Waals surface area contributed by atoms with Crippen LogP contribution in [0.4, 0.5) is 0 Å². The van der Waals surface area contributed by atoms with Crippen molar-refractivity contribution >= 4 is 10.1 Å². The molecule has 4 heteroatoms. The molecule has 0 fully saturated rings. The molecule has 3 nitrogen and oxygen atoms in total. The lowest BCUT2D eigenvalue weighted by Crippen LogP contribution is -2.38. The molecule has 0 spiro atoms. The molecule has 0 radical (unpaired) electrons. The average Bonchev–Trinajstić information content (AvgIpc) is 2.54. The Bertz CT molecular complexity index is 776. The Balaban J connectivity index is 3.20. The van der Waals surface area contributed by atoms with Gasteiger partial charge in [-0.15, -0.1) is 0 Å².